The third-order valence-electron chi connectivity index (χ3n) is 5.68. The molecule has 0 amide bonds. The number of hydrogen-bond acceptors (Lipinski definition) is 3. The van der Waals surface area contributed by atoms with E-state index in [1.165, 1.54) is 6.07 Å². The summed E-state index contributed by atoms with van der Waals surface area (Å²) >= 11 is 0. The maximum absolute atomic E-state index is 15.0. The molecule has 0 radical (unpaired) electrons. The van der Waals surface area contributed by atoms with Crippen LogP contribution in [0.4, 0.5) is 4.39 Å². The number of aryl methyl sites for hydroxylation is 1. The third-order valence-corrected chi connectivity index (χ3v) is 5.68. The van der Waals surface area contributed by atoms with Gasteiger partial charge in [-0.3, -0.25) is 4.79 Å². The van der Waals surface area contributed by atoms with Crippen LogP contribution >= 0.6 is 0 Å². The highest BCUT2D eigenvalue weighted by atomic mass is 19.1. The van der Waals surface area contributed by atoms with Crippen molar-refractivity contribution in [1.29, 1.82) is 0 Å². The van der Waals surface area contributed by atoms with Crippen LogP contribution in [0.3, 0.4) is 0 Å². The zero-order valence-corrected chi connectivity index (χ0v) is 18.6. The molecule has 164 valence electrons. The second kappa shape index (κ2) is 7.59. The molecule has 3 aromatic rings. The summed E-state index contributed by atoms with van der Waals surface area (Å²) in [6, 6.07) is 5.30. The highest BCUT2D eigenvalue weighted by molar-refractivity contribution is 6.01. The number of fused-ring (bicyclic) bond motifs is 2. The Morgan fingerprint density at radius 3 is 2.68 bits per heavy atom. The first-order valence-corrected chi connectivity index (χ1v) is 10.6. The first-order chi connectivity index (χ1) is 14.5. The summed E-state index contributed by atoms with van der Waals surface area (Å²) in [6.45, 7) is 10.2. The van der Waals surface area contributed by atoms with Crippen molar-refractivity contribution in [2.24, 2.45) is 0 Å². The number of aromatic nitrogens is 1. The molecule has 2 N–H and O–H groups in total. The zero-order valence-electron chi connectivity index (χ0n) is 18.6. The van der Waals surface area contributed by atoms with Crippen molar-refractivity contribution in [3.63, 3.8) is 0 Å². The van der Waals surface area contributed by atoms with Crippen molar-refractivity contribution >= 4 is 16.9 Å². The van der Waals surface area contributed by atoms with Crippen molar-refractivity contribution in [2.75, 3.05) is 6.61 Å². The van der Waals surface area contributed by atoms with Gasteiger partial charge in [-0.05, 0) is 87.4 Å². The highest BCUT2D eigenvalue weighted by Crippen LogP contribution is 2.43. The number of halogens is 1. The summed E-state index contributed by atoms with van der Waals surface area (Å²) in [7, 11) is 0. The van der Waals surface area contributed by atoms with Gasteiger partial charge < -0.3 is 19.6 Å². The largest absolute Gasteiger partial charge is 0.490 e. The normalized spacial score (nSPS) is 13.7. The topological polar surface area (TPSA) is 71.5 Å². The molecule has 0 spiro atoms. The summed E-state index contributed by atoms with van der Waals surface area (Å²) in [5, 5.41) is 10.4. The molecular formula is C25H28FNO4. The Kier molecular flexibility index (Phi) is 5.20. The molecule has 31 heavy (non-hydrogen) atoms. The van der Waals surface area contributed by atoms with Crippen molar-refractivity contribution in [1.82, 2.24) is 4.98 Å². The van der Waals surface area contributed by atoms with E-state index in [-0.39, 0.29) is 6.42 Å². The van der Waals surface area contributed by atoms with Gasteiger partial charge in [0.2, 0.25) is 0 Å². The van der Waals surface area contributed by atoms with Gasteiger partial charge >= 0.3 is 5.97 Å². The molecule has 0 unspecified atom stereocenters. The monoisotopic (exact) mass is 425 g/mol. The van der Waals surface area contributed by atoms with Gasteiger partial charge in [0.15, 0.2) is 17.4 Å². The number of carbonyl (C=O) groups is 1. The van der Waals surface area contributed by atoms with E-state index < -0.39 is 17.4 Å². The van der Waals surface area contributed by atoms with Crippen LogP contribution in [0.1, 0.15) is 49.4 Å². The summed E-state index contributed by atoms with van der Waals surface area (Å²) < 4.78 is 26.7. The second-order valence-corrected chi connectivity index (χ2v) is 9.22. The molecular weight excluding hydrogens is 397 g/mol. The maximum Gasteiger partial charge on any atom is 0.307 e. The molecule has 1 aliphatic rings. The van der Waals surface area contributed by atoms with Crippen LogP contribution in [-0.4, -0.2) is 28.3 Å². The Morgan fingerprint density at radius 2 is 2.00 bits per heavy atom. The summed E-state index contributed by atoms with van der Waals surface area (Å²) in [5.41, 5.74) is 5.17. The van der Waals surface area contributed by atoms with Crippen LogP contribution in [0.2, 0.25) is 0 Å². The number of carboxylic acid groups (broad SMARTS) is 1. The van der Waals surface area contributed by atoms with Crippen LogP contribution in [0.25, 0.3) is 22.0 Å². The SMILES string of the molecule is Cc1cc2[nH]c(OC(C)(C)C)cc2c(-c2cc(F)c3c(c2C)CCCO3)c1CC(=O)O. The maximum atomic E-state index is 15.0. The van der Waals surface area contributed by atoms with Gasteiger partial charge in [-0.1, -0.05) is 0 Å². The van der Waals surface area contributed by atoms with E-state index in [1.807, 2.05) is 46.8 Å². The number of H-pyrrole nitrogens is 1. The van der Waals surface area contributed by atoms with Gasteiger partial charge in [0.1, 0.15) is 5.60 Å². The van der Waals surface area contributed by atoms with Gasteiger partial charge in [0, 0.05) is 22.5 Å². The van der Waals surface area contributed by atoms with E-state index in [1.54, 1.807) is 0 Å². The molecule has 4 rings (SSSR count). The number of benzene rings is 2. The number of aromatic amines is 1. The van der Waals surface area contributed by atoms with Gasteiger partial charge in [-0.25, -0.2) is 4.39 Å². The molecule has 2 aromatic carbocycles. The van der Waals surface area contributed by atoms with Crippen molar-refractivity contribution < 1.29 is 23.8 Å². The lowest BCUT2D eigenvalue weighted by Crippen LogP contribution is -2.23. The van der Waals surface area contributed by atoms with E-state index >= 15 is 4.39 Å². The molecule has 1 aliphatic heterocycles. The fourth-order valence-electron chi connectivity index (χ4n) is 4.42. The lowest BCUT2D eigenvalue weighted by molar-refractivity contribution is -0.136. The first-order valence-electron chi connectivity index (χ1n) is 10.6. The second-order valence-electron chi connectivity index (χ2n) is 9.22. The predicted octanol–water partition coefficient (Wildman–Crippen LogP) is 5.72. The molecule has 0 bridgehead atoms. The van der Waals surface area contributed by atoms with Crippen LogP contribution < -0.4 is 9.47 Å². The van der Waals surface area contributed by atoms with Crippen LogP contribution in [0, 0.1) is 19.7 Å². The molecule has 6 heteroatoms. The third kappa shape index (κ3) is 3.99. The molecule has 0 atom stereocenters. The molecule has 0 fully saturated rings. The molecule has 0 saturated carbocycles. The fourth-order valence-corrected chi connectivity index (χ4v) is 4.42. The lowest BCUT2D eigenvalue weighted by Gasteiger charge is -2.23. The van der Waals surface area contributed by atoms with E-state index in [4.69, 9.17) is 9.47 Å². The highest BCUT2D eigenvalue weighted by Gasteiger charge is 2.25. The van der Waals surface area contributed by atoms with Crippen molar-refractivity contribution in [3.8, 4) is 22.8 Å². The van der Waals surface area contributed by atoms with Gasteiger partial charge in [-0.15, -0.1) is 0 Å². The molecule has 0 aliphatic carbocycles. The minimum absolute atomic E-state index is 0.146. The first kappa shape index (κ1) is 21.2. The Morgan fingerprint density at radius 1 is 1.26 bits per heavy atom. The Balaban J connectivity index is 2.03. The lowest BCUT2D eigenvalue weighted by atomic mass is 9.86. The molecule has 5 nitrogen and oxygen atoms in total. The van der Waals surface area contributed by atoms with Crippen LogP contribution in [0.15, 0.2) is 18.2 Å². The average molecular weight is 426 g/mol. The van der Waals surface area contributed by atoms with E-state index in [9.17, 15) is 9.90 Å². The fraction of sp³-hybridized carbons (Fsp3) is 0.400. The van der Waals surface area contributed by atoms with Crippen molar-refractivity contribution in [3.05, 3.63) is 46.3 Å². The van der Waals surface area contributed by atoms with E-state index in [0.29, 0.717) is 29.4 Å². The van der Waals surface area contributed by atoms with Gasteiger partial charge in [0.05, 0.1) is 13.0 Å². The standard InChI is InChI=1S/C25H28FNO4/c1-13-9-20-18(11-21(27-20)31-25(3,4)5)23(16(13)12-22(28)29)17-10-19(26)24-15(14(17)2)7-6-8-30-24/h9-11,27H,6-8,12H2,1-5H3,(H,28,29). The molecule has 0 saturated heterocycles. The summed E-state index contributed by atoms with van der Waals surface area (Å²) in [6.07, 6.45) is 1.42. The predicted molar refractivity (Wildman–Crippen MR) is 119 cm³/mol. The smallest absolute Gasteiger partial charge is 0.307 e. The van der Waals surface area contributed by atoms with Crippen molar-refractivity contribution in [2.45, 2.75) is 59.5 Å². The number of nitrogens with one attached hydrogen (secondary N) is 1. The van der Waals surface area contributed by atoms with E-state index in [0.717, 1.165) is 46.0 Å². The minimum Gasteiger partial charge on any atom is -0.490 e. The average Bonchev–Trinajstić information content (AvgIpc) is 3.05. The Labute approximate surface area is 181 Å². The number of hydrogen-bond donors (Lipinski definition) is 2. The minimum atomic E-state index is -0.926. The van der Waals surface area contributed by atoms with Crippen LogP contribution in [-0.2, 0) is 17.6 Å². The zero-order chi connectivity index (χ0) is 22.5. The molecule has 2 heterocycles. The van der Waals surface area contributed by atoms with Crippen LogP contribution in [0.5, 0.6) is 11.6 Å². The summed E-state index contributed by atoms with van der Waals surface area (Å²) in [5.74, 6) is -0.421. The quantitative estimate of drug-likeness (QED) is 0.561. The Bertz CT molecular complexity index is 1190. The van der Waals surface area contributed by atoms with Gasteiger partial charge in [-0.2, -0.15) is 0 Å². The number of rotatable bonds is 4. The summed E-state index contributed by atoms with van der Waals surface area (Å²) in [4.78, 5) is 15.0. The van der Waals surface area contributed by atoms with Gasteiger partial charge in [0.25, 0.3) is 0 Å². The number of carboxylic acids is 1. The Hall–Kier alpha value is -3.02. The number of ether oxygens (including phenoxy) is 2. The van der Waals surface area contributed by atoms with E-state index in [2.05, 4.69) is 4.98 Å². The number of aliphatic carboxylic acids is 1. The molecule has 1 aromatic heterocycles.